The Morgan fingerprint density at radius 1 is 1.06 bits per heavy atom. The number of rotatable bonds is 2. The zero-order valence-electron chi connectivity index (χ0n) is 9.38. The number of aryl methyl sites for hydroxylation is 2. The molecule has 1 aromatic carbocycles. The minimum Gasteiger partial charge on any atom is -0.289 e. The van der Waals surface area contributed by atoms with Crippen LogP contribution in [-0.2, 0) is 0 Å². The Hall–Kier alpha value is -0.830. The summed E-state index contributed by atoms with van der Waals surface area (Å²) in [6.07, 6.45) is 0. The van der Waals surface area contributed by atoms with Crippen molar-refractivity contribution in [1.29, 1.82) is 0 Å². The first-order chi connectivity index (χ1) is 7.97. The summed E-state index contributed by atoms with van der Waals surface area (Å²) < 4.78 is 0. The van der Waals surface area contributed by atoms with Gasteiger partial charge in [-0.3, -0.25) is 4.79 Å². The van der Waals surface area contributed by atoms with Crippen molar-refractivity contribution in [2.75, 3.05) is 0 Å². The van der Waals surface area contributed by atoms with Gasteiger partial charge >= 0.3 is 0 Å². The number of ketones is 1. The highest BCUT2D eigenvalue weighted by Crippen LogP contribution is 2.26. The van der Waals surface area contributed by atoms with Crippen molar-refractivity contribution in [3.63, 3.8) is 0 Å². The maximum absolute atomic E-state index is 12.3. The Bertz CT molecular complexity index is 567. The molecule has 0 unspecified atom stereocenters. The van der Waals surface area contributed by atoms with Crippen molar-refractivity contribution in [2.45, 2.75) is 13.8 Å². The Balaban J connectivity index is 2.47. The number of benzene rings is 1. The van der Waals surface area contributed by atoms with Crippen LogP contribution in [-0.4, -0.2) is 5.78 Å². The molecule has 1 heterocycles. The van der Waals surface area contributed by atoms with Crippen molar-refractivity contribution in [3.8, 4) is 0 Å². The fraction of sp³-hybridized carbons (Fsp3) is 0.154. The van der Waals surface area contributed by atoms with Crippen LogP contribution in [0.2, 0.25) is 10.0 Å². The Morgan fingerprint density at radius 2 is 1.65 bits per heavy atom. The molecule has 88 valence electrons. The normalized spacial score (nSPS) is 10.6. The van der Waals surface area contributed by atoms with Gasteiger partial charge in [0, 0.05) is 30.9 Å². The second-order valence-electron chi connectivity index (χ2n) is 3.81. The van der Waals surface area contributed by atoms with E-state index in [9.17, 15) is 4.79 Å². The fourth-order valence-electron chi connectivity index (χ4n) is 1.70. The van der Waals surface area contributed by atoms with Gasteiger partial charge < -0.3 is 0 Å². The lowest BCUT2D eigenvalue weighted by Crippen LogP contribution is -2.01. The minimum absolute atomic E-state index is 0.0312. The highest BCUT2D eigenvalue weighted by atomic mass is 35.5. The van der Waals surface area contributed by atoms with Crippen LogP contribution in [0.4, 0.5) is 0 Å². The predicted molar refractivity (Wildman–Crippen MR) is 73.7 cm³/mol. The Labute approximate surface area is 114 Å². The third kappa shape index (κ3) is 2.71. The van der Waals surface area contributed by atoms with Crippen molar-refractivity contribution in [1.82, 2.24) is 0 Å². The van der Waals surface area contributed by atoms with E-state index in [1.54, 1.807) is 29.5 Å². The van der Waals surface area contributed by atoms with Crippen LogP contribution in [0.15, 0.2) is 24.3 Å². The van der Waals surface area contributed by atoms with E-state index in [0.717, 1.165) is 15.3 Å². The number of halogens is 2. The molecule has 0 aliphatic rings. The van der Waals surface area contributed by atoms with E-state index >= 15 is 0 Å². The zero-order chi connectivity index (χ0) is 12.6. The second-order valence-corrected chi connectivity index (χ2v) is 6.15. The number of carbonyl (C=O) groups excluding carboxylic acids is 1. The van der Waals surface area contributed by atoms with E-state index < -0.39 is 0 Å². The molecule has 4 heteroatoms. The van der Waals surface area contributed by atoms with E-state index in [2.05, 4.69) is 0 Å². The maximum atomic E-state index is 12.3. The summed E-state index contributed by atoms with van der Waals surface area (Å²) in [6, 6.07) is 6.80. The molecular formula is C13H10Cl2OS. The van der Waals surface area contributed by atoms with Crippen LogP contribution < -0.4 is 0 Å². The molecule has 2 aromatic rings. The van der Waals surface area contributed by atoms with Gasteiger partial charge in [-0.25, -0.2) is 0 Å². The molecule has 0 amide bonds. The second kappa shape index (κ2) is 4.81. The summed E-state index contributed by atoms with van der Waals surface area (Å²) in [4.78, 5) is 14.4. The van der Waals surface area contributed by atoms with Gasteiger partial charge in [0.05, 0.1) is 0 Å². The van der Waals surface area contributed by atoms with E-state index in [1.165, 1.54) is 0 Å². The van der Waals surface area contributed by atoms with Crippen LogP contribution in [0.1, 0.15) is 25.7 Å². The van der Waals surface area contributed by atoms with Crippen molar-refractivity contribution < 1.29 is 4.79 Å². The lowest BCUT2D eigenvalue weighted by molar-refractivity contribution is 0.103. The highest BCUT2D eigenvalue weighted by Gasteiger charge is 2.15. The van der Waals surface area contributed by atoms with Crippen LogP contribution in [0.5, 0.6) is 0 Å². The third-order valence-corrected chi connectivity index (χ3v) is 3.81. The summed E-state index contributed by atoms with van der Waals surface area (Å²) >= 11 is 13.4. The van der Waals surface area contributed by atoms with Gasteiger partial charge in [0.2, 0.25) is 0 Å². The van der Waals surface area contributed by atoms with E-state index in [4.69, 9.17) is 23.2 Å². The van der Waals surface area contributed by atoms with Gasteiger partial charge in [0.25, 0.3) is 0 Å². The maximum Gasteiger partial charge on any atom is 0.194 e. The molecule has 1 nitrogen and oxygen atoms in total. The highest BCUT2D eigenvalue weighted by molar-refractivity contribution is 7.12. The SMILES string of the molecule is Cc1cc(C(=O)c2cc(Cl)cc(Cl)c2)c(C)s1. The van der Waals surface area contributed by atoms with Gasteiger partial charge in [-0.1, -0.05) is 23.2 Å². The third-order valence-electron chi connectivity index (χ3n) is 2.41. The van der Waals surface area contributed by atoms with Crippen LogP contribution in [0.3, 0.4) is 0 Å². The van der Waals surface area contributed by atoms with Crippen LogP contribution >= 0.6 is 34.5 Å². The van der Waals surface area contributed by atoms with Gasteiger partial charge in [-0.15, -0.1) is 11.3 Å². The molecule has 0 aliphatic heterocycles. The fourth-order valence-corrected chi connectivity index (χ4v) is 3.14. The van der Waals surface area contributed by atoms with Gasteiger partial charge in [0.15, 0.2) is 5.78 Å². The smallest absolute Gasteiger partial charge is 0.194 e. The summed E-state index contributed by atoms with van der Waals surface area (Å²) in [6.45, 7) is 3.93. The largest absolute Gasteiger partial charge is 0.289 e. The number of carbonyl (C=O) groups is 1. The topological polar surface area (TPSA) is 17.1 Å². The van der Waals surface area contributed by atoms with E-state index in [0.29, 0.717) is 15.6 Å². The summed E-state index contributed by atoms with van der Waals surface area (Å²) in [7, 11) is 0. The molecule has 0 N–H and O–H groups in total. The van der Waals surface area contributed by atoms with Crippen LogP contribution in [0.25, 0.3) is 0 Å². The molecule has 2 rings (SSSR count). The number of hydrogen-bond donors (Lipinski definition) is 0. The predicted octanol–water partition coefficient (Wildman–Crippen LogP) is 4.90. The average Bonchev–Trinajstić information content (AvgIpc) is 2.55. The van der Waals surface area contributed by atoms with Gasteiger partial charge in [-0.05, 0) is 38.1 Å². The van der Waals surface area contributed by atoms with Crippen molar-refractivity contribution in [2.24, 2.45) is 0 Å². The summed E-state index contributed by atoms with van der Waals surface area (Å²) in [5.74, 6) is -0.0312. The van der Waals surface area contributed by atoms with Crippen molar-refractivity contribution >= 4 is 40.3 Å². The lowest BCUT2D eigenvalue weighted by atomic mass is 10.0. The molecule has 1 aromatic heterocycles. The molecule has 0 radical (unpaired) electrons. The lowest BCUT2D eigenvalue weighted by Gasteiger charge is -2.02. The molecule has 0 aliphatic carbocycles. The first kappa shape index (κ1) is 12.6. The van der Waals surface area contributed by atoms with E-state index in [-0.39, 0.29) is 5.78 Å². The Kier molecular flexibility index (Phi) is 3.57. The molecule has 17 heavy (non-hydrogen) atoms. The first-order valence-corrected chi connectivity index (χ1v) is 6.62. The monoisotopic (exact) mass is 284 g/mol. The van der Waals surface area contributed by atoms with E-state index in [1.807, 2.05) is 19.9 Å². The van der Waals surface area contributed by atoms with Gasteiger partial charge in [-0.2, -0.15) is 0 Å². The average molecular weight is 285 g/mol. The zero-order valence-corrected chi connectivity index (χ0v) is 11.7. The number of hydrogen-bond acceptors (Lipinski definition) is 2. The Morgan fingerprint density at radius 3 is 2.12 bits per heavy atom. The number of thiophene rings is 1. The quantitative estimate of drug-likeness (QED) is 0.717. The minimum atomic E-state index is -0.0312. The van der Waals surface area contributed by atoms with Crippen LogP contribution in [0, 0.1) is 13.8 Å². The van der Waals surface area contributed by atoms with Crippen molar-refractivity contribution in [3.05, 3.63) is 55.2 Å². The standard InChI is InChI=1S/C13H10Cl2OS/c1-7-3-12(8(2)17-7)13(16)9-4-10(14)6-11(15)5-9/h3-6H,1-2H3. The molecule has 0 saturated carbocycles. The van der Waals surface area contributed by atoms with Gasteiger partial charge in [0.1, 0.15) is 0 Å². The molecule has 0 atom stereocenters. The molecule has 0 spiro atoms. The summed E-state index contributed by atoms with van der Waals surface area (Å²) in [5, 5.41) is 0.955. The molecule has 0 bridgehead atoms. The first-order valence-electron chi connectivity index (χ1n) is 5.05. The molecular weight excluding hydrogens is 275 g/mol. The summed E-state index contributed by atoms with van der Waals surface area (Å²) in [5.41, 5.74) is 1.26. The molecule has 0 fully saturated rings. The molecule has 0 saturated heterocycles.